The molecule has 0 N–H and O–H groups in total. The van der Waals surface area contributed by atoms with E-state index in [0.717, 1.165) is 44.6 Å². The summed E-state index contributed by atoms with van der Waals surface area (Å²) in [5.74, 6) is 0.143. The Kier molecular flexibility index (Phi) is 5.60. The van der Waals surface area contributed by atoms with Gasteiger partial charge in [-0.2, -0.15) is 13.2 Å². The summed E-state index contributed by atoms with van der Waals surface area (Å²) in [5, 5.41) is 0. The first-order chi connectivity index (χ1) is 12.8. The quantitative estimate of drug-likeness (QED) is 0.782. The molecule has 0 spiro atoms. The Morgan fingerprint density at radius 3 is 2.56 bits per heavy atom. The van der Waals surface area contributed by atoms with Gasteiger partial charge in [-0.05, 0) is 43.7 Å². The molecule has 1 amide bonds. The highest BCUT2D eigenvalue weighted by Crippen LogP contribution is 2.33. The molecule has 4 nitrogen and oxygen atoms in total. The van der Waals surface area contributed by atoms with Crippen molar-refractivity contribution < 1.29 is 22.4 Å². The van der Waals surface area contributed by atoms with E-state index in [0.29, 0.717) is 5.56 Å². The first-order valence-corrected chi connectivity index (χ1v) is 9.06. The predicted octanol–water partition coefficient (Wildman–Crippen LogP) is 4.52. The lowest BCUT2D eigenvalue weighted by Gasteiger charge is -2.35. The van der Waals surface area contributed by atoms with Crippen LogP contribution in [0, 0.1) is 0 Å². The molecule has 146 valence electrons. The fourth-order valence-corrected chi connectivity index (χ4v) is 3.42. The summed E-state index contributed by atoms with van der Waals surface area (Å²) in [6, 6.07) is 8.10. The smallest absolute Gasteiger partial charge is 0.416 e. The van der Waals surface area contributed by atoms with Crippen LogP contribution in [-0.4, -0.2) is 48.4 Å². The zero-order chi connectivity index (χ0) is 19.6. The Bertz CT molecular complexity index is 793. The lowest BCUT2D eigenvalue weighted by molar-refractivity contribution is -0.137. The fraction of sp³-hybridized carbons (Fsp3) is 0.450. The molecule has 1 saturated heterocycles. The molecule has 0 saturated carbocycles. The van der Waals surface area contributed by atoms with Gasteiger partial charge >= 0.3 is 6.18 Å². The SMILES string of the molecule is CCN1CCC(N(C)C(=O)c2ccc(-c3cccc(C(F)(F)F)c3)o2)CC1. The summed E-state index contributed by atoms with van der Waals surface area (Å²) in [6.07, 6.45) is -2.62. The van der Waals surface area contributed by atoms with Crippen molar-refractivity contribution in [2.75, 3.05) is 26.7 Å². The van der Waals surface area contributed by atoms with Crippen LogP contribution in [0.2, 0.25) is 0 Å². The van der Waals surface area contributed by atoms with E-state index in [9.17, 15) is 18.0 Å². The number of likely N-dealkylation sites (tertiary alicyclic amines) is 1. The Balaban J connectivity index is 1.73. The molecule has 0 unspecified atom stereocenters. The molecular weight excluding hydrogens is 357 g/mol. The van der Waals surface area contributed by atoms with Gasteiger partial charge in [0.25, 0.3) is 5.91 Å². The summed E-state index contributed by atoms with van der Waals surface area (Å²) in [5.41, 5.74) is -0.452. The molecular formula is C20H23F3N2O2. The zero-order valence-electron chi connectivity index (χ0n) is 15.4. The minimum atomic E-state index is -4.42. The van der Waals surface area contributed by atoms with Crippen molar-refractivity contribution in [1.29, 1.82) is 0 Å². The number of furan rings is 1. The Morgan fingerprint density at radius 2 is 1.93 bits per heavy atom. The van der Waals surface area contributed by atoms with Crippen molar-refractivity contribution in [3.8, 4) is 11.3 Å². The number of halogens is 3. The monoisotopic (exact) mass is 380 g/mol. The molecule has 1 aliphatic heterocycles. The van der Waals surface area contributed by atoms with Crippen molar-refractivity contribution in [1.82, 2.24) is 9.80 Å². The molecule has 0 radical (unpaired) electrons. The second-order valence-electron chi connectivity index (χ2n) is 6.82. The molecule has 1 aromatic heterocycles. The second kappa shape index (κ2) is 7.76. The maximum absolute atomic E-state index is 12.9. The summed E-state index contributed by atoms with van der Waals surface area (Å²) in [4.78, 5) is 16.7. The number of hydrogen-bond acceptors (Lipinski definition) is 3. The third kappa shape index (κ3) is 4.35. The highest BCUT2D eigenvalue weighted by molar-refractivity contribution is 5.92. The number of hydrogen-bond donors (Lipinski definition) is 0. The molecule has 27 heavy (non-hydrogen) atoms. The molecule has 2 aromatic rings. The van der Waals surface area contributed by atoms with Crippen LogP contribution in [0.4, 0.5) is 13.2 Å². The zero-order valence-corrected chi connectivity index (χ0v) is 15.4. The summed E-state index contributed by atoms with van der Waals surface area (Å²) in [7, 11) is 1.75. The van der Waals surface area contributed by atoms with E-state index in [1.54, 1.807) is 11.9 Å². The van der Waals surface area contributed by atoms with E-state index in [-0.39, 0.29) is 23.5 Å². The summed E-state index contributed by atoms with van der Waals surface area (Å²) in [6.45, 7) is 5.02. The number of piperidine rings is 1. The van der Waals surface area contributed by atoms with Crippen molar-refractivity contribution in [2.45, 2.75) is 32.0 Å². The largest absolute Gasteiger partial charge is 0.451 e. The number of amides is 1. The van der Waals surface area contributed by atoms with Gasteiger partial charge in [0, 0.05) is 31.7 Å². The Labute approximate surface area is 156 Å². The maximum atomic E-state index is 12.9. The average molecular weight is 380 g/mol. The second-order valence-corrected chi connectivity index (χ2v) is 6.82. The van der Waals surface area contributed by atoms with E-state index < -0.39 is 11.7 Å². The van der Waals surface area contributed by atoms with Crippen LogP contribution >= 0.6 is 0 Å². The lowest BCUT2D eigenvalue weighted by Crippen LogP contribution is -2.45. The molecule has 7 heteroatoms. The number of carbonyl (C=O) groups excluding carboxylic acids is 1. The Morgan fingerprint density at radius 1 is 1.22 bits per heavy atom. The predicted molar refractivity (Wildman–Crippen MR) is 96.4 cm³/mol. The minimum absolute atomic E-state index is 0.141. The van der Waals surface area contributed by atoms with Gasteiger partial charge in [0.1, 0.15) is 5.76 Å². The minimum Gasteiger partial charge on any atom is -0.451 e. The number of alkyl halides is 3. The highest BCUT2D eigenvalue weighted by atomic mass is 19.4. The first-order valence-electron chi connectivity index (χ1n) is 9.06. The number of nitrogens with zero attached hydrogens (tertiary/aromatic N) is 2. The summed E-state index contributed by atoms with van der Waals surface area (Å²) >= 11 is 0. The van der Waals surface area contributed by atoms with Crippen LogP contribution in [-0.2, 0) is 6.18 Å². The van der Waals surface area contributed by atoms with Gasteiger partial charge in [-0.25, -0.2) is 0 Å². The van der Waals surface area contributed by atoms with Crippen LogP contribution in [0.15, 0.2) is 40.8 Å². The topological polar surface area (TPSA) is 36.7 Å². The molecule has 1 aliphatic rings. The van der Waals surface area contributed by atoms with Gasteiger partial charge in [0.15, 0.2) is 5.76 Å². The molecule has 3 rings (SSSR count). The van der Waals surface area contributed by atoms with Crippen LogP contribution in [0.1, 0.15) is 35.9 Å². The van der Waals surface area contributed by atoms with E-state index in [2.05, 4.69) is 11.8 Å². The first kappa shape index (κ1) is 19.5. The van der Waals surface area contributed by atoms with Crippen LogP contribution in [0.3, 0.4) is 0 Å². The molecule has 2 heterocycles. The van der Waals surface area contributed by atoms with Crippen molar-refractivity contribution in [3.63, 3.8) is 0 Å². The molecule has 1 fully saturated rings. The Hall–Kier alpha value is -2.28. The highest BCUT2D eigenvalue weighted by Gasteiger charge is 2.31. The van der Waals surface area contributed by atoms with Crippen molar-refractivity contribution in [3.05, 3.63) is 47.7 Å². The third-order valence-corrected chi connectivity index (χ3v) is 5.16. The van der Waals surface area contributed by atoms with Crippen LogP contribution in [0.5, 0.6) is 0 Å². The standard InChI is InChI=1S/C20H23F3N2O2/c1-3-25-11-9-16(10-12-25)24(2)19(26)18-8-7-17(27-18)14-5-4-6-15(13-14)20(21,22)23/h4-8,13,16H,3,9-12H2,1-2H3. The maximum Gasteiger partial charge on any atom is 0.416 e. The van der Waals surface area contributed by atoms with Gasteiger partial charge in [-0.3, -0.25) is 4.79 Å². The van der Waals surface area contributed by atoms with Gasteiger partial charge in [-0.15, -0.1) is 0 Å². The summed E-state index contributed by atoms with van der Waals surface area (Å²) < 4.78 is 44.2. The number of carbonyl (C=O) groups is 1. The average Bonchev–Trinajstić information content (AvgIpc) is 3.16. The number of rotatable bonds is 4. The van der Waals surface area contributed by atoms with Crippen LogP contribution in [0.25, 0.3) is 11.3 Å². The van der Waals surface area contributed by atoms with Gasteiger partial charge in [0.05, 0.1) is 5.56 Å². The third-order valence-electron chi connectivity index (χ3n) is 5.16. The van der Waals surface area contributed by atoms with Crippen LogP contribution < -0.4 is 0 Å². The van der Waals surface area contributed by atoms with E-state index in [4.69, 9.17) is 4.42 Å². The van der Waals surface area contributed by atoms with E-state index in [1.165, 1.54) is 24.3 Å². The molecule has 0 bridgehead atoms. The fourth-order valence-electron chi connectivity index (χ4n) is 3.42. The van der Waals surface area contributed by atoms with Crippen molar-refractivity contribution >= 4 is 5.91 Å². The van der Waals surface area contributed by atoms with Gasteiger partial charge in [0.2, 0.25) is 0 Å². The van der Waals surface area contributed by atoms with Crippen molar-refractivity contribution in [2.24, 2.45) is 0 Å². The van der Waals surface area contributed by atoms with E-state index >= 15 is 0 Å². The lowest BCUT2D eigenvalue weighted by atomic mass is 10.0. The van der Waals surface area contributed by atoms with E-state index in [1.807, 2.05) is 0 Å². The molecule has 1 aromatic carbocycles. The van der Waals surface area contributed by atoms with Gasteiger partial charge in [-0.1, -0.05) is 19.1 Å². The normalized spacial score (nSPS) is 16.5. The molecule has 0 atom stereocenters. The number of benzene rings is 1. The molecule has 0 aliphatic carbocycles. The van der Waals surface area contributed by atoms with Gasteiger partial charge < -0.3 is 14.2 Å².